The molecule has 166 valence electrons. The maximum absolute atomic E-state index is 12.8. The van der Waals surface area contributed by atoms with Crippen molar-refractivity contribution in [2.45, 2.75) is 18.9 Å². The lowest BCUT2D eigenvalue weighted by atomic mass is 10.0. The zero-order chi connectivity index (χ0) is 22.3. The molecule has 0 spiro atoms. The zero-order valence-corrected chi connectivity index (χ0v) is 18.1. The highest BCUT2D eigenvalue weighted by molar-refractivity contribution is 5.94. The van der Waals surface area contributed by atoms with Crippen LogP contribution < -0.4 is 14.8 Å². The Morgan fingerprint density at radius 3 is 2.25 bits per heavy atom. The number of benzene rings is 2. The molecule has 1 aromatic heterocycles. The number of piperidine rings is 1. The van der Waals surface area contributed by atoms with Gasteiger partial charge in [0.1, 0.15) is 0 Å². The van der Waals surface area contributed by atoms with Gasteiger partial charge >= 0.3 is 0 Å². The summed E-state index contributed by atoms with van der Waals surface area (Å²) in [4.78, 5) is 27.0. The lowest BCUT2D eigenvalue weighted by Gasteiger charge is -2.32. The maximum atomic E-state index is 12.8. The van der Waals surface area contributed by atoms with Gasteiger partial charge in [0.2, 0.25) is 0 Å². The molecular weight excluding hydrogens is 406 g/mol. The van der Waals surface area contributed by atoms with E-state index in [0.717, 1.165) is 5.69 Å². The summed E-state index contributed by atoms with van der Waals surface area (Å²) in [7, 11) is 1.56. The van der Waals surface area contributed by atoms with E-state index in [0.29, 0.717) is 43.0 Å². The summed E-state index contributed by atoms with van der Waals surface area (Å²) in [6, 6.07) is 18.8. The van der Waals surface area contributed by atoms with Gasteiger partial charge < -0.3 is 24.3 Å². The number of likely N-dealkylation sites (tertiary alicyclic amines) is 1. The van der Waals surface area contributed by atoms with Gasteiger partial charge in [0.15, 0.2) is 18.1 Å². The number of ether oxygens (including phenoxy) is 2. The molecule has 2 heterocycles. The van der Waals surface area contributed by atoms with E-state index in [4.69, 9.17) is 9.47 Å². The molecule has 0 radical (unpaired) electrons. The molecule has 0 saturated carbocycles. The third-order valence-corrected chi connectivity index (χ3v) is 5.59. The maximum Gasteiger partial charge on any atom is 0.258 e. The van der Waals surface area contributed by atoms with Gasteiger partial charge in [-0.2, -0.15) is 0 Å². The van der Waals surface area contributed by atoms with Crippen molar-refractivity contribution in [2.24, 2.45) is 0 Å². The van der Waals surface area contributed by atoms with E-state index in [1.54, 1.807) is 19.2 Å². The van der Waals surface area contributed by atoms with E-state index in [-0.39, 0.29) is 24.5 Å². The highest BCUT2D eigenvalue weighted by Crippen LogP contribution is 2.25. The summed E-state index contributed by atoms with van der Waals surface area (Å²) in [5, 5.41) is 3.00. The second-order valence-corrected chi connectivity index (χ2v) is 7.71. The van der Waals surface area contributed by atoms with Crippen LogP contribution in [-0.2, 0) is 4.79 Å². The first-order valence-electron chi connectivity index (χ1n) is 10.7. The minimum atomic E-state index is -0.179. The van der Waals surface area contributed by atoms with Gasteiger partial charge in [-0.25, -0.2) is 0 Å². The van der Waals surface area contributed by atoms with E-state index in [2.05, 4.69) is 5.32 Å². The Morgan fingerprint density at radius 1 is 0.938 bits per heavy atom. The molecule has 1 N–H and O–H groups in total. The molecule has 1 aliphatic heterocycles. The number of hydrogen-bond acceptors (Lipinski definition) is 4. The van der Waals surface area contributed by atoms with Crippen LogP contribution in [0.3, 0.4) is 0 Å². The molecule has 7 heteroatoms. The number of carbonyl (C=O) groups is 2. The summed E-state index contributed by atoms with van der Waals surface area (Å²) >= 11 is 0. The van der Waals surface area contributed by atoms with Crippen LogP contribution in [-0.4, -0.2) is 54.1 Å². The zero-order valence-electron chi connectivity index (χ0n) is 18.1. The molecule has 2 amide bonds. The first kappa shape index (κ1) is 21.5. The molecule has 0 aliphatic carbocycles. The summed E-state index contributed by atoms with van der Waals surface area (Å²) in [6.45, 7) is 1.14. The van der Waals surface area contributed by atoms with Crippen molar-refractivity contribution in [1.82, 2.24) is 14.8 Å². The minimum absolute atomic E-state index is 0.0216. The highest BCUT2D eigenvalue weighted by atomic mass is 16.5. The quantitative estimate of drug-likeness (QED) is 0.621. The smallest absolute Gasteiger partial charge is 0.258 e. The van der Waals surface area contributed by atoms with Crippen LogP contribution in [0.25, 0.3) is 5.69 Å². The van der Waals surface area contributed by atoms with Gasteiger partial charge in [-0.05, 0) is 61.4 Å². The Hall–Kier alpha value is -3.74. The average molecular weight is 434 g/mol. The van der Waals surface area contributed by atoms with E-state index in [9.17, 15) is 9.59 Å². The van der Waals surface area contributed by atoms with E-state index < -0.39 is 0 Å². The highest BCUT2D eigenvalue weighted by Gasteiger charge is 2.24. The van der Waals surface area contributed by atoms with Crippen LogP contribution >= 0.6 is 0 Å². The molecule has 2 aromatic carbocycles. The number of methoxy groups -OCH3 is 1. The van der Waals surface area contributed by atoms with Gasteiger partial charge in [0, 0.05) is 42.8 Å². The largest absolute Gasteiger partial charge is 0.493 e. The normalized spacial score (nSPS) is 14.1. The molecule has 0 atom stereocenters. The predicted molar refractivity (Wildman–Crippen MR) is 121 cm³/mol. The number of hydrogen-bond donors (Lipinski definition) is 1. The molecule has 1 fully saturated rings. The molecule has 32 heavy (non-hydrogen) atoms. The third kappa shape index (κ3) is 5.11. The first-order chi connectivity index (χ1) is 15.6. The van der Waals surface area contributed by atoms with Gasteiger partial charge in [-0.3, -0.25) is 9.59 Å². The fourth-order valence-corrected chi connectivity index (χ4v) is 3.84. The Bertz CT molecular complexity index is 1040. The molecule has 0 unspecified atom stereocenters. The summed E-state index contributed by atoms with van der Waals surface area (Å²) in [6.07, 6.45) is 5.37. The number of nitrogens with zero attached hydrogens (tertiary/aromatic N) is 2. The number of amides is 2. The van der Waals surface area contributed by atoms with Crippen LogP contribution in [0.15, 0.2) is 73.1 Å². The molecule has 1 saturated heterocycles. The monoisotopic (exact) mass is 433 g/mol. The van der Waals surface area contributed by atoms with Crippen LogP contribution in [0.4, 0.5) is 0 Å². The summed E-state index contributed by atoms with van der Waals surface area (Å²) in [5.74, 6) is 0.969. The van der Waals surface area contributed by atoms with Crippen molar-refractivity contribution in [3.8, 4) is 17.2 Å². The summed E-state index contributed by atoms with van der Waals surface area (Å²) in [5.41, 5.74) is 1.69. The van der Waals surface area contributed by atoms with E-state index >= 15 is 0 Å². The van der Waals surface area contributed by atoms with E-state index in [1.165, 1.54) is 0 Å². The molecule has 1 aliphatic rings. The van der Waals surface area contributed by atoms with E-state index in [1.807, 2.05) is 70.4 Å². The van der Waals surface area contributed by atoms with Gasteiger partial charge in [-0.1, -0.05) is 12.1 Å². The predicted octanol–water partition coefficient (Wildman–Crippen LogP) is 3.29. The number of carbonyl (C=O) groups excluding carboxylic acids is 2. The molecule has 7 nitrogen and oxygen atoms in total. The van der Waals surface area contributed by atoms with Gasteiger partial charge in [0.25, 0.3) is 11.8 Å². The van der Waals surface area contributed by atoms with Crippen molar-refractivity contribution in [2.75, 3.05) is 26.8 Å². The standard InChI is InChI=1S/C25H27N3O4/c1-31-22-6-2-3-7-23(22)32-18-24(29)26-20-12-16-28(17-13-20)25(30)19-8-10-21(11-9-19)27-14-4-5-15-27/h2-11,14-15,20H,12-13,16-18H2,1H3,(H,26,29). The molecule has 0 bridgehead atoms. The average Bonchev–Trinajstić information content (AvgIpc) is 3.38. The molecular formula is C25H27N3O4. The Labute approximate surface area is 187 Å². The minimum Gasteiger partial charge on any atom is -0.493 e. The second kappa shape index (κ2) is 10.0. The Morgan fingerprint density at radius 2 is 1.59 bits per heavy atom. The SMILES string of the molecule is COc1ccccc1OCC(=O)NC1CCN(C(=O)c2ccc(-n3cccc3)cc2)CC1. The van der Waals surface area contributed by atoms with Crippen molar-refractivity contribution < 1.29 is 19.1 Å². The molecule has 4 rings (SSSR count). The van der Waals surface area contributed by atoms with Crippen LogP contribution in [0.2, 0.25) is 0 Å². The van der Waals surface area contributed by atoms with Crippen molar-refractivity contribution in [1.29, 1.82) is 0 Å². The molecule has 3 aromatic rings. The van der Waals surface area contributed by atoms with Gasteiger partial charge in [-0.15, -0.1) is 0 Å². The fraction of sp³-hybridized carbons (Fsp3) is 0.280. The lowest BCUT2D eigenvalue weighted by Crippen LogP contribution is -2.47. The first-order valence-corrected chi connectivity index (χ1v) is 10.7. The van der Waals surface area contributed by atoms with Crippen molar-refractivity contribution in [3.63, 3.8) is 0 Å². The second-order valence-electron chi connectivity index (χ2n) is 7.71. The lowest BCUT2D eigenvalue weighted by molar-refractivity contribution is -0.124. The Kier molecular flexibility index (Phi) is 6.75. The van der Waals surface area contributed by atoms with Crippen molar-refractivity contribution >= 4 is 11.8 Å². The van der Waals surface area contributed by atoms with Gasteiger partial charge in [0.05, 0.1) is 7.11 Å². The number of aromatic nitrogens is 1. The number of rotatable bonds is 7. The Balaban J connectivity index is 1.24. The summed E-state index contributed by atoms with van der Waals surface area (Å²) < 4.78 is 12.8. The topological polar surface area (TPSA) is 72.8 Å². The van der Waals surface area contributed by atoms with Crippen LogP contribution in [0, 0.1) is 0 Å². The van der Waals surface area contributed by atoms with Crippen LogP contribution in [0.1, 0.15) is 23.2 Å². The third-order valence-electron chi connectivity index (χ3n) is 5.59. The van der Waals surface area contributed by atoms with Crippen LogP contribution in [0.5, 0.6) is 11.5 Å². The number of para-hydroxylation sites is 2. The van der Waals surface area contributed by atoms with Crippen molar-refractivity contribution in [3.05, 3.63) is 78.6 Å². The number of nitrogens with one attached hydrogen (secondary N) is 1. The fourth-order valence-electron chi connectivity index (χ4n) is 3.84.